The Morgan fingerprint density at radius 1 is 1.08 bits per heavy atom. The van der Waals surface area contributed by atoms with Crippen LogP contribution in [0.5, 0.6) is 5.75 Å². The summed E-state index contributed by atoms with van der Waals surface area (Å²) in [5.41, 5.74) is 3.03. The molecule has 2 aliphatic rings. The number of anilines is 1. The van der Waals surface area contributed by atoms with Crippen LogP contribution in [0.15, 0.2) is 60.7 Å². The molecule has 4 rings (SSSR count). The predicted molar refractivity (Wildman–Crippen MR) is 90.7 cm³/mol. The van der Waals surface area contributed by atoms with E-state index in [4.69, 9.17) is 0 Å². The van der Waals surface area contributed by atoms with Crippen LogP contribution in [0.3, 0.4) is 0 Å². The van der Waals surface area contributed by atoms with Crippen molar-refractivity contribution in [3.63, 3.8) is 0 Å². The molecule has 0 aromatic heterocycles. The second-order valence-corrected chi connectivity index (χ2v) is 6.59. The van der Waals surface area contributed by atoms with Crippen LogP contribution in [-0.4, -0.2) is 12.4 Å². The van der Waals surface area contributed by atoms with Crippen molar-refractivity contribution in [2.24, 2.45) is 5.92 Å². The average molecular weight is 345 g/mol. The zero-order chi connectivity index (χ0) is 17.4. The highest BCUT2D eigenvalue weighted by molar-refractivity contribution is 5.61. The van der Waals surface area contributed by atoms with Gasteiger partial charge in [-0.2, -0.15) is 0 Å². The van der Waals surface area contributed by atoms with Crippen molar-refractivity contribution in [1.29, 1.82) is 0 Å². The molecule has 0 spiro atoms. The van der Waals surface area contributed by atoms with Gasteiger partial charge in [0.25, 0.3) is 0 Å². The topological polar surface area (TPSA) is 21.3 Å². The molecule has 1 aliphatic carbocycles. The van der Waals surface area contributed by atoms with E-state index in [0.29, 0.717) is 5.92 Å². The van der Waals surface area contributed by atoms with Gasteiger partial charge < -0.3 is 10.1 Å². The van der Waals surface area contributed by atoms with E-state index in [9.17, 15) is 13.2 Å². The van der Waals surface area contributed by atoms with Crippen molar-refractivity contribution in [3.05, 3.63) is 71.8 Å². The second-order valence-electron chi connectivity index (χ2n) is 6.59. The van der Waals surface area contributed by atoms with Crippen LogP contribution in [0, 0.1) is 5.92 Å². The van der Waals surface area contributed by atoms with E-state index in [-0.39, 0.29) is 17.7 Å². The molecule has 0 radical (unpaired) electrons. The third-order valence-electron chi connectivity index (χ3n) is 4.98. The standard InChI is InChI=1S/C20H18F3NO/c21-20(22,23)25-14-9-10-18-17(12-14)15-7-4-8-16(15)19(24-18)11-13-5-2-1-3-6-13/h1-7,9-10,12,15-16,19,24H,8,11H2. The minimum Gasteiger partial charge on any atom is -0.406 e. The van der Waals surface area contributed by atoms with Gasteiger partial charge in [0.15, 0.2) is 0 Å². The Balaban J connectivity index is 1.62. The molecule has 130 valence electrons. The molecule has 0 saturated heterocycles. The van der Waals surface area contributed by atoms with Gasteiger partial charge in [-0.3, -0.25) is 0 Å². The van der Waals surface area contributed by atoms with E-state index in [1.807, 2.05) is 18.2 Å². The molecule has 1 N–H and O–H groups in total. The Kier molecular flexibility index (Phi) is 3.94. The number of ether oxygens (including phenoxy) is 1. The fourth-order valence-electron chi connectivity index (χ4n) is 3.94. The molecule has 3 atom stereocenters. The number of hydrogen-bond acceptors (Lipinski definition) is 2. The van der Waals surface area contributed by atoms with E-state index in [2.05, 4.69) is 34.3 Å². The Morgan fingerprint density at radius 2 is 1.88 bits per heavy atom. The van der Waals surface area contributed by atoms with Crippen molar-refractivity contribution in [2.75, 3.05) is 5.32 Å². The first kappa shape index (κ1) is 16.1. The molecule has 25 heavy (non-hydrogen) atoms. The Labute approximate surface area is 144 Å². The number of allylic oxidation sites excluding steroid dienone is 2. The summed E-state index contributed by atoms with van der Waals surface area (Å²) in [5, 5.41) is 3.53. The first-order chi connectivity index (χ1) is 12.0. The first-order valence-corrected chi connectivity index (χ1v) is 8.36. The van der Waals surface area contributed by atoms with Crippen LogP contribution in [0.1, 0.15) is 23.5 Å². The van der Waals surface area contributed by atoms with Crippen LogP contribution < -0.4 is 10.1 Å². The van der Waals surface area contributed by atoms with Crippen LogP contribution in [0.2, 0.25) is 0 Å². The minimum absolute atomic E-state index is 0.127. The average Bonchev–Trinajstić information content (AvgIpc) is 3.05. The maximum absolute atomic E-state index is 12.5. The highest BCUT2D eigenvalue weighted by Gasteiger charge is 2.38. The van der Waals surface area contributed by atoms with Crippen molar-refractivity contribution in [1.82, 2.24) is 0 Å². The summed E-state index contributed by atoms with van der Waals surface area (Å²) in [6.07, 6.45) is 1.39. The molecule has 0 amide bonds. The molecule has 2 nitrogen and oxygen atoms in total. The lowest BCUT2D eigenvalue weighted by molar-refractivity contribution is -0.274. The number of rotatable bonds is 3. The maximum Gasteiger partial charge on any atom is 0.573 e. The normalized spacial score (nSPS) is 24.4. The Hall–Kier alpha value is -2.43. The summed E-state index contributed by atoms with van der Waals surface area (Å²) in [6, 6.07) is 15.1. The summed E-state index contributed by atoms with van der Waals surface area (Å²) in [6.45, 7) is 0. The molecule has 3 unspecified atom stereocenters. The number of fused-ring (bicyclic) bond motifs is 3. The highest BCUT2D eigenvalue weighted by atomic mass is 19.4. The zero-order valence-electron chi connectivity index (χ0n) is 13.5. The van der Waals surface area contributed by atoms with Gasteiger partial charge in [-0.05, 0) is 48.1 Å². The number of nitrogens with one attached hydrogen (secondary N) is 1. The fourth-order valence-corrected chi connectivity index (χ4v) is 3.94. The van der Waals surface area contributed by atoms with Gasteiger partial charge in [0.05, 0.1) is 0 Å². The van der Waals surface area contributed by atoms with Gasteiger partial charge in [-0.15, -0.1) is 13.2 Å². The lowest BCUT2D eigenvalue weighted by Gasteiger charge is -2.37. The third kappa shape index (κ3) is 3.36. The lowest BCUT2D eigenvalue weighted by atomic mass is 9.77. The molecule has 5 heteroatoms. The number of alkyl halides is 3. The fraction of sp³-hybridized carbons (Fsp3) is 0.300. The van der Waals surface area contributed by atoms with Gasteiger partial charge in [0.1, 0.15) is 5.75 Å². The van der Waals surface area contributed by atoms with Crippen LogP contribution in [0.4, 0.5) is 18.9 Å². The lowest BCUT2D eigenvalue weighted by Crippen LogP contribution is -2.37. The van der Waals surface area contributed by atoms with Gasteiger partial charge >= 0.3 is 6.36 Å². The summed E-state index contributed by atoms with van der Waals surface area (Å²) >= 11 is 0. The Bertz CT molecular complexity index is 785. The van der Waals surface area contributed by atoms with E-state index < -0.39 is 6.36 Å². The third-order valence-corrected chi connectivity index (χ3v) is 4.98. The van der Waals surface area contributed by atoms with Gasteiger partial charge in [0.2, 0.25) is 0 Å². The van der Waals surface area contributed by atoms with Crippen LogP contribution in [0.25, 0.3) is 0 Å². The molecular weight excluding hydrogens is 327 g/mol. The monoisotopic (exact) mass is 345 g/mol. The van der Waals surface area contributed by atoms with Crippen molar-refractivity contribution >= 4 is 5.69 Å². The van der Waals surface area contributed by atoms with E-state index in [1.165, 1.54) is 17.7 Å². The van der Waals surface area contributed by atoms with E-state index >= 15 is 0 Å². The van der Waals surface area contributed by atoms with Gasteiger partial charge in [-0.1, -0.05) is 42.5 Å². The molecule has 2 aromatic rings. The van der Waals surface area contributed by atoms with E-state index in [0.717, 1.165) is 24.1 Å². The molecule has 0 bridgehead atoms. The number of benzene rings is 2. The van der Waals surface area contributed by atoms with Crippen LogP contribution in [-0.2, 0) is 6.42 Å². The number of halogens is 3. The quantitative estimate of drug-likeness (QED) is 0.764. The summed E-state index contributed by atoms with van der Waals surface area (Å²) < 4.78 is 41.6. The van der Waals surface area contributed by atoms with Crippen molar-refractivity contribution in [3.8, 4) is 5.75 Å². The summed E-state index contributed by atoms with van der Waals surface area (Å²) in [4.78, 5) is 0. The summed E-state index contributed by atoms with van der Waals surface area (Å²) in [5.74, 6) is 0.309. The SMILES string of the molecule is FC(F)(F)Oc1ccc2c(c1)C1C=CCC1C(Cc1ccccc1)N2. The minimum atomic E-state index is -4.67. The smallest absolute Gasteiger partial charge is 0.406 e. The van der Waals surface area contributed by atoms with E-state index in [1.54, 1.807) is 6.07 Å². The van der Waals surface area contributed by atoms with Crippen molar-refractivity contribution < 1.29 is 17.9 Å². The first-order valence-electron chi connectivity index (χ1n) is 8.36. The van der Waals surface area contributed by atoms with Crippen molar-refractivity contribution in [2.45, 2.75) is 31.2 Å². The molecular formula is C20H18F3NO. The molecule has 1 heterocycles. The molecule has 1 aliphatic heterocycles. The van der Waals surface area contributed by atoms with Crippen LogP contribution >= 0.6 is 0 Å². The number of hydrogen-bond donors (Lipinski definition) is 1. The Morgan fingerprint density at radius 3 is 2.64 bits per heavy atom. The molecule has 2 aromatic carbocycles. The second kappa shape index (κ2) is 6.14. The maximum atomic E-state index is 12.5. The predicted octanol–water partition coefficient (Wildman–Crippen LogP) is 5.28. The highest BCUT2D eigenvalue weighted by Crippen LogP contribution is 2.46. The van der Waals surface area contributed by atoms with Gasteiger partial charge in [0, 0.05) is 17.6 Å². The zero-order valence-corrected chi connectivity index (χ0v) is 13.5. The molecule has 0 fully saturated rings. The molecule has 0 saturated carbocycles. The largest absolute Gasteiger partial charge is 0.573 e. The van der Waals surface area contributed by atoms with Gasteiger partial charge in [-0.25, -0.2) is 0 Å². The summed E-state index contributed by atoms with van der Waals surface area (Å²) in [7, 11) is 0.